The number of nitrogens with zero attached hydrogens (tertiary/aromatic N) is 1. The molecule has 1 heterocycles. The summed E-state index contributed by atoms with van der Waals surface area (Å²) in [6.07, 6.45) is 1.83. The predicted octanol–water partition coefficient (Wildman–Crippen LogP) is 2.91. The first-order chi connectivity index (χ1) is 15.8. The van der Waals surface area contributed by atoms with E-state index >= 15 is 0 Å². The van der Waals surface area contributed by atoms with Gasteiger partial charge in [-0.3, -0.25) is 9.59 Å². The number of anilines is 1. The van der Waals surface area contributed by atoms with E-state index in [9.17, 15) is 18.0 Å². The third kappa shape index (κ3) is 5.74. The van der Waals surface area contributed by atoms with E-state index in [1.165, 1.54) is 32.4 Å². The number of hydrogen-bond donors (Lipinski definition) is 2. The molecule has 0 spiro atoms. The van der Waals surface area contributed by atoms with Crippen molar-refractivity contribution in [1.29, 1.82) is 0 Å². The number of methoxy groups -OCH3 is 2. The van der Waals surface area contributed by atoms with Crippen LogP contribution in [0.25, 0.3) is 0 Å². The largest absolute Gasteiger partial charge is 0.493 e. The lowest BCUT2D eigenvalue weighted by molar-refractivity contribution is -0.113. The molecule has 2 aromatic carbocycles. The summed E-state index contributed by atoms with van der Waals surface area (Å²) in [6, 6.07) is 11.5. The lowest BCUT2D eigenvalue weighted by Gasteiger charge is -2.10. The van der Waals surface area contributed by atoms with Gasteiger partial charge >= 0.3 is 0 Å². The van der Waals surface area contributed by atoms with Gasteiger partial charge < -0.3 is 19.8 Å². The first-order valence-electron chi connectivity index (χ1n) is 9.86. The molecule has 0 aliphatic rings. The maximum absolute atomic E-state index is 12.9. The number of rotatable bonds is 9. The van der Waals surface area contributed by atoms with Crippen molar-refractivity contribution in [3.05, 3.63) is 64.6 Å². The third-order valence-electron chi connectivity index (χ3n) is 4.66. The maximum Gasteiger partial charge on any atom is 0.270 e. The van der Waals surface area contributed by atoms with Gasteiger partial charge in [-0.05, 0) is 36.2 Å². The molecule has 2 N–H and O–H groups in total. The Hall–Kier alpha value is -3.31. The molecule has 9 nitrogen and oxygen atoms in total. The highest BCUT2D eigenvalue weighted by Gasteiger charge is 2.24. The molecule has 0 saturated carbocycles. The fourth-order valence-corrected chi connectivity index (χ4v) is 4.82. The number of aromatic amines is 1. The summed E-state index contributed by atoms with van der Waals surface area (Å²) >= 11 is 0.988. The van der Waals surface area contributed by atoms with Crippen LogP contribution < -0.4 is 20.3 Å². The molecular weight excluding hydrogens is 466 g/mol. The zero-order chi connectivity index (χ0) is 24.0. The van der Waals surface area contributed by atoms with Crippen molar-refractivity contribution in [2.24, 2.45) is 0 Å². The van der Waals surface area contributed by atoms with Gasteiger partial charge in [-0.15, -0.1) is 0 Å². The van der Waals surface area contributed by atoms with E-state index < -0.39 is 20.3 Å². The van der Waals surface area contributed by atoms with Crippen molar-refractivity contribution >= 4 is 33.2 Å². The van der Waals surface area contributed by atoms with Crippen LogP contribution in [-0.4, -0.2) is 44.3 Å². The summed E-state index contributed by atoms with van der Waals surface area (Å²) in [4.78, 5) is 30.5. The quantitative estimate of drug-likeness (QED) is 0.347. The second-order valence-corrected chi connectivity index (χ2v) is 9.67. The number of H-pyrrole nitrogens is 1. The molecule has 33 heavy (non-hydrogen) atoms. The topological polar surface area (TPSA) is 127 Å². The van der Waals surface area contributed by atoms with Crippen molar-refractivity contribution in [3.63, 3.8) is 0 Å². The van der Waals surface area contributed by atoms with Gasteiger partial charge in [-0.25, -0.2) is 13.4 Å². The number of aryl methyl sites for hydroxylation is 1. The second kappa shape index (κ2) is 10.5. The summed E-state index contributed by atoms with van der Waals surface area (Å²) in [7, 11) is -1.34. The fourth-order valence-electron chi connectivity index (χ4n) is 2.94. The van der Waals surface area contributed by atoms with Gasteiger partial charge in [-0.1, -0.05) is 30.8 Å². The van der Waals surface area contributed by atoms with Crippen LogP contribution in [0.1, 0.15) is 12.5 Å². The first-order valence-corrected chi connectivity index (χ1v) is 12.3. The fraction of sp³-hybridized carbons (Fsp3) is 0.227. The van der Waals surface area contributed by atoms with E-state index in [0.717, 1.165) is 29.9 Å². The van der Waals surface area contributed by atoms with Crippen LogP contribution in [0.2, 0.25) is 0 Å². The normalized spacial score (nSPS) is 11.1. The minimum absolute atomic E-state index is 0.0128. The van der Waals surface area contributed by atoms with Crippen molar-refractivity contribution in [2.45, 2.75) is 28.3 Å². The van der Waals surface area contributed by atoms with Crippen LogP contribution in [0, 0.1) is 0 Å². The molecule has 0 bridgehead atoms. The molecule has 0 aliphatic carbocycles. The van der Waals surface area contributed by atoms with Crippen LogP contribution in [0.5, 0.6) is 11.5 Å². The Bertz CT molecular complexity index is 1320. The molecule has 0 fully saturated rings. The zero-order valence-electron chi connectivity index (χ0n) is 18.2. The molecule has 11 heteroatoms. The van der Waals surface area contributed by atoms with E-state index in [0.29, 0.717) is 11.4 Å². The van der Waals surface area contributed by atoms with Gasteiger partial charge in [0.1, 0.15) is 0 Å². The molecule has 0 unspecified atom stereocenters. The number of thioether (sulfide) groups is 1. The monoisotopic (exact) mass is 489 g/mol. The molecule has 3 rings (SSSR count). The zero-order valence-corrected chi connectivity index (χ0v) is 19.9. The van der Waals surface area contributed by atoms with Crippen LogP contribution in [0.15, 0.2) is 68.4 Å². The summed E-state index contributed by atoms with van der Waals surface area (Å²) in [6.45, 7) is 2.02. The van der Waals surface area contributed by atoms with E-state index in [2.05, 4.69) is 15.3 Å². The number of carbonyl (C=O) groups is 1. The minimum Gasteiger partial charge on any atom is -0.493 e. The van der Waals surface area contributed by atoms with Crippen LogP contribution >= 0.6 is 11.8 Å². The summed E-state index contributed by atoms with van der Waals surface area (Å²) in [5.74, 6) is 0.277. The van der Waals surface area contributed by atoms with Gasteiger partial charge in [0.25, 0.3) is 5.56 Å². The van der Waals surface area contributed by atoms with Crippen molar-refractivity contribution in [2.75, 3.05) is 25.3 Å². The van der Waals surface area contributed by atoms with E-state index in [4.69, 9.17) is 9.47 Å². The van der Waals surface area contributed by atoms with Crippen molar-refractivity contribution < 1.29 is 22.7 Å². The Kier molecular flexibility index (Phi) is 7.77. The maximum atomic E-state index is 12.9. The number of ether oxygens (including phenoxy) is 2. The average molecular weight is 490 g/mol. The van der Waals surface area contributed by atoms with Crippen LogP contribution in [0.4, 0.5) is 5.69 Å². The molecule has 0 atom stereocenters. The van der Waals surface area contributed by atoms with E-state index in [-0.39, 0.29) is 27.5 Å². The number of hydrogen-bond acceptors (Lipinski definition) is 8. The van der Waals surface area contributed by atoms with E-state index in [1.807, 2.05) is 25.1 Å². The highest BCUT2D eigenvalue weighted by Crippen LogP contribution is 2.31. The van der Waals surface area contributed by atoms with Gasteiger partial charge in [0, 0.05) is 11.8 Å². The summed E-state index contributed by atoms with van der Waals surface area (Å²) in [5.41, 5.74) is 0.939. The number of nitrogens with one attached hydrogen (secondary N) is 2. The van der Waals surface area contributed by atoms with Gasteiger partial charge in [0.2, 0.25) is 15.7 Å². The molecule has 1 amide bonds. The summed E-state index contributed by atoms with van der Waals surface area (Å²) < 4.78 is 36.1. The molecule has 174 valence electrons. The standard InChI is InChI=1S/C22H23N3O6S2/c1-4-14-6-5-7-15(10-14)24-20(26)13-32-22-23-12-19(21(27)25-22)33(28,29)16-8-9-17(30-2)18(11-16)31-3/h5-12H,4,13H2,1-3H3,(H,24,26)(H,23,25,27). The van der Waals surface area contributed by atoms with Crippen molar-refractivity contribution in [3.8, 4) is 11.5 Å². The third-order valence-corrected chi connectivity index (χ3v) is 7.29. The number of sulfone groups is 1. The van der Waals surface area contributed by atoms with Crippen LogP contribution in [0.3, 0.4) is 0 Å². The highest BCUT2D eigenvalue weighted by atomic mass is 32.2. The average Bonchev–Trinajstić information content (AvgIpc) is 2.82. The van der Waals surface area contributed by atoms with Gasteiger partial charge in [-0.2, -0.15) is 0 Å². The Balaban J connectivity index is 1.73. The molecule has 0 radical (unpaired) electrons. The molecule has 0 aliphatic heterocycles. The van der Waals surface area contributed by atoms with Gasteiger partial charge in [0.15, 0.2) is 21.6 Å². The smallest absolute Gasteiger partial charge is 0.270 e. The molecular formula is C22H23N3O6S2. The van der Waals surface area contributed by atoms with Gasteiger partial charge in [0.05, 0.1) is 31.1 Å². The lowest BCUT2D eigenvalue weighted by atomic mass is 10.1. The number of benzene rings is 2. The Labute approximate surface area is 195 Å². The number of carbonyl (C=O) groups excluding carboxylic acids is 1. The molecule has 3 aromatic rings. The Morgan fingerprint density at radius 2 is 1.88 bits per heavy atom. The number of aromatic nitrogens is 2. The highest BCUT2D eigenvalue weighted by molar-refractivity contribution is 7.99. The molecule has 1 aromatic heterocycles. The van der Waals surface area contributed by atoms with Crippen LogP contribution in [-0.2, 0) is 21.1 Å². The van der Waals surface area contributed by atoms with Crippen molar-refractivity contribution in [1.82, 2.24) is 9.97 Å². The minimum atomic E-state index is -4.15. The SMILES string of the molecule is CCc1cccc(NC(=O)CSc2ncc(S(=O)(=O)c3ccc(OC)c(OC)c3)c(=O)[nH]2)c1. The predicted molar refractivity (Wildman–Crippen MR) is 125 cm³/mol. The molecule has 0 saturated heterocycles. The Morgan fingerprint density at radius 3 is 2.55 bits per heavy atom. The first kappa shape index (κ1) is 24.3. The Morgan fingerprint density at radius 1 is 1.12 bits per heavy atom. The number of amides is 1. The van der Waals surface area contributed by atoms with E-state index in [1.54, 1.807) is 6.07 Å². The summed E-state index contributed by atoms with van der Waals surface area (Å²) in [5, 5.41) is 2.91. The second-order valence-electron chi connectivity index (χ2n) is 6.79. The lowest BCUT2D eigenvalue weighted by Crippen LogP contribution is -2.20.